The van der Waals surface area contributed by atoms with Crippen molar-refractivity contribution in [1.82, 2.24) is 4.98 Å². The molecule has 2 aromatic rings. The summed E-state index contributed by atoms with van der Waals surface area (Å²) >= 11 is 0. The minimum absolute atomic E-state index is 0.0873. The van der Waals surface area contributed by atoms with E-state index in [0.717, 1.165) is 11.3 Å². The SMILES string of the molecule is CC(=O)N(Cc1ccccc1)c1nc(C)co1. The minimum Gasteiger partial charge on any atom is -0.431 e. The van der Waals surface area contributed by atoms with Gasteiger partial charge in [-0.3, -0.25) is 9.69 Å². The average Bonchev–Trinajstić information content (AvgIpc) is 2.73. The first-order valence-corrected chi connectivity index (χ1v) is 5.41. The van der Waals surface area contributed by atoms with Gasteiger partial charge in [-0.25, -0.2) is 0 Å². The topological polar surface area (TPSA) is 46.3 Å². The number of anilines is 1. The van der Waals surface area contributed by atoms with Gasteiger partial charge in [0.2, 0.25) is 5.91 Å². The van der Waals surface area contributed by atoms with E-state index in [2.05, 4.69) is 4.98 Å². The Kier molecular flexibility index (Phi) is 3.23. The molecule has 0 saturated carbocycles. The minimum atomic E-state index is -0.0873. The summed E-state index contributed by atoms with van der Waals surface area (Å²) < 4.78 is 5.25. The Morgan fingerprint density at radius 2 is 2.06 bits per heavy atom. The van der Waals surface area contributed by atoms with Crippen molar-refractivity contribution >= 4 is 11.9 Å². The van der Waals surface area contributed by atoms with Crippen LogP contribution < -0.4 is 4.90 Å². The van der Waals surface area contributed by atoms with Gasteiger partial charge >= 0.3 is 6.01 Å². The Morgan fingerprint density at radius 1 is 1.35 bits per heavy atom. The van der Waals surface area contributed by atoms with Gasteiger partial charge in [-0.15, -0.1) is 0 Å². The van der Waals surface area contributed by atoms with Crippen molar-refractivity contribution in [2.24, 2.45) is 0 Å². The number of carbonyl (C=O) groups excluding carboxylic acids is 1. The van der Waals surface area contributed by atoms with Gasteiger partial charge in [0, 0.05) is 6.92 Å². The molecule has 17 heavy (non-hydrogen) atoms. The van der Waals surface area contributed by atoms with Crippen molar-refractivity contribution in [3.8, 4) is 0 Å². The number of oxazole rings is 1. The van der Waals surface area contributed by atoms with Gasteiger partial charge < -0.3 is 4.42 Å². The maximum atomic E-state index is 11.6. The molecule has 0 aliphatic carbocycles. The first-order chi connectivity index (χ1) is 8.16. The van der Waals surface area contributed by atoms with Crippen molar-refractivity contribution in [2.75, 3.05) is 4.90 Å². The molecule has 2 rings (SSSR count). The Morgan fingerprint density at radius 3 is 2.59 bits per heavy atom. The fraction of sp³-hybridized carbons (Fsp3) is 0.231. The van der Waals surface area contributed by atoms with Crippen LogP contribution in [0.4, 0.5) is 6.01 Å². The van der Waals surface area contributed by atoms with Crippen LogP contribution in [0.25, 0.3) is 0 Å². The molecule has 0 spiro atoms. The number of aryl methyl sites for hydroxylation is 1. The lowest BCUT2D eigenvalue weighted by Gasteiger charge is -2.16. The molecule has 0 aliphatic rings. The predicted octanol–water partition coefficient (Wildman–Crippen LogP) is 2.54. The van der Waals surface area contributed by atoms with Crippen LogP contribution in [0.15, 0.2) is 41.0 Å². The molecule has 1 aromatic heterocycles. The molecule has 0 saturated heterocycles. The third-order valence-corrected chi connectivity index (χ3v) is 2.40. The van der Waals surface area contributed by atoms with Gasteiger partial charge in [0.25, 0.3) is 0 Å². The van der Waals surface area contributed by atoms with Gasteiger partial charge in [-0.2, -0.15) is 4.98 Å². The molecule has 0 aliphatic heterocycles. The number of rotatable bonds is 3. The number of benzene rings is 1. The molecule has 0 fully saturated rings. The molecule has 88 valence electrons. The Balaban J connectivity index is 2.22. The summed E-state index contributed by atoms with van der Waals surface area (Å²) in [6, 6.07) is 10.1. The van der Waals surface area contributed by atoms with Crippen LogP contribution in [0.1, 0.15) is 18.2 Å². The summed E-state index contributed by atoms with van der Waals surface area (Å²) in [5.74, 6) is -0.0873. The second-order valence-electron chi connectivity index (χ2n) is 3.86. The first-order valence-electron chi connectivity index (χ1n) is 5.41. The highest BCUT2D eigenvalue weighted by Crippen LogP contribution is 2.16. The maximum absolute atomic E-state index is 11.6. The summed E-state index contributed by atoms with van der Waals surface area (Å²) in [4.78, 5) is 17.3. The van der Waals surface area contributed by atoms with Crippen molar-refractivity contribution in [2.45, 2.75) is 20.4 Å². The molecular weight excluding hydrogens is 216 g/mol. The van der Waals surface area contributed by atoms with Gasteiger partial charge in [0.15, 0.2) is 0 Å². The van der Waals surface area contributed by atoms with Crippen LogP contribution in [0, 0.1) is 6.92 Å². The number of hydrogen-bond donors (Lipinski definition) is 0. The summed E-state index contributed by atoms with van der Waals surface area (Å²) in [7, 11) is 0. The number of aromatic nitrogens is 1. The van der Waals surface area contributed by atoms with E-state index in [1.807, 2.05) is 37.3 Å². The van der Waals surface area contributed by atoms with E-state index in [0.29, 0.717) is 12.6 Å². The highest BCUT2D eigenvalue weighted by Gasteiger charge is 2.16. The van der Waals surface area contributed by atoms with Crippen LogP contribution in [0.2, 0.25) is 0 Å². The fourth-order valence-corrected chi connectivity index (χ4v) is 1.55. The van der Waals surface area contributed by atoms with E-state index in [4.69, 9.17) is 4.42 Å². The fourth-order valence-electron chi connectivity index (χ4n) is 1.55. The van der Waals surface area contributed by atoms with Gasteiger partial charge in [0.1, 0.15) is 6.26 Å². The van der Waals surface area contributed by atoms with E-state index < -0.39 is 0 Å². The molecule has 0 atom stereocenters. The van der Waals surface area contributed by atoms with E-state index in [9.17, 15) is 4.79 Å². The standard InChI is InChI=1S/C13H14N2O2/c1-10-9-17-13(14-10)15(11(2)16)8-12-6-4-3-5-7-12/h3-7,9H,8H2,1-2H3. The smallest absolute Gasteiger partial charge is 0.304 e. The quantitative estimate of drug-likeness (QED) is 0.814. The van der Waals surface area contributed by atoms with Crippen LogP contribution in [0.3, 0.4) is 0 Å². The van der Waals surface area contributed by atoms with Gasteiger partial charge in [0.05, 0.1) is 12.2 Å². The number of hydrogen-bond acceptors (Lipinski definition) is 3. The average molecular weight is 230 g/mol. The molecule has 0 N–H and O–H groups in total. The largest absolute Gasteiger partial charge is 0.431 e. The first kappa shape index (κ1) is 11.4. The lowest BCUT2D eigenvalue weighted by molar-refractivity contribution is -0.116. The highest BCUT2D eigenvalue weighted by atomic mass is 16.4. The summed E-state index contributed by atoms with van der Waals surface area (Å²) in [6.45, 7) is 3.80. The lowest BCUT2D eigenvalue weighted by atomic mass is 10.2. The third kappa shape index (κ3) is 2.72. The van der Waals surface area contributed by atoms with Crippen molar-refractivity contribution < 1.29 is 9.21 Å². The van der Waals surface area contributed by atoms with Crippen molar-refractivity contribution in [1.29, 1.82) is 0 Å². The Bertz CT molecular complexity index is 505. The van der Waals surface area contributed by atoms with E-state index in [1.165, 1.54) is 18.1 Å². The summed E-state index contributed by atoms with van der Waals surface area (Å²) in [5, 5.41) is 0. The van der Waals surface area contributed by atoms with Gasteiger partial charge in [-0.05, 0) is 12.5 Å². The van der Waals surface area contributed by atoms with Crippen LogP contribution in [-0.4, -0.2) is 10.9 Å². The molecule has 1 amide bonds. The second-order valence-corrected chi connectivity index (χ2v) is 3.86. The number of amides is 1. The lowest BCUT2D eigenvalue weighted by Crippen LogP contribution is -2.28. The molecule has 0 bridgehead atoms. The molecular formula is C13H14N2O2. The predicted molar refractivity (Wildman–Crippen MR) is 64.5 cm³/mol. The Labute approximate surface area is 99.9 Å². The molecule has 4 nitrogen and oxygen atoms in total. The summed E-state index contributed by atoms with van der Waals surface area (Å²) in [5.41, 5.74) is 1.80. The molecule has 1 aromatic carbocycles. The van der Waals surface area contributed by atoms with Crippen LogP contribution >= 0.6 is 0 Å². The van der Waals surface area contributed by atoms with Crippen molar-refractivity contribution in [3.05, 3.63) is 47.9 Å². The normalized spacial score (nSPS) is 10.2. The zero-order chi connectivity index (χ0) is 12.3. The van der Waals surface area contributed by atoms with Gasteiger partial charge in [-0.1, -0.05) is 30.3 Å². The second kappa shape index (κ2) is 4.82. The zero-order valence-electron chi connectivity index (χ0n) is 9.88. The number of carbonyl (C=O) groups is 1. The zero-order valence-corrected chi connectivity index (χ0v) is 9.88. The summed E-state index contributed by atoms with van der Waals surface area (Å²) in [6.07, 6.45) is 1.54. The van der Waals surface area contributed by atoms with Crippen molar-refractivity contribution in [3.63, 3.8) is 0 Å². The van der Waals surface area contributed by atoms with E-state index >= 15 is 0 Å². The highest BCUT2D eigenvalue weighted by molar-refractivity contribution is 5.89. The monoisotopic (exact) mass is 230 g/mol. The van der Waals surface area contributed by atoms with Crippen LogP contribution in [0.5, 0.6) is 0 Å². The number of nitrogens with zero attached hydrogens (tertiary/aromatic N) is 2. The molecule has 0 radical (unpaired) electrons. The molecule has 0 unspecified atom stereocenters. The Hall–Kier alpha value is -2.10. The molecule has 4 heteroatoms. The van der Waals surface area contributed by atoms with Crippen LogP contribution in [-0.2, 0) is 11.3 Å². The third-order valence-electron chi connectivity index (χ3n) is 2.40. The molecule has 1 heterocycles. The van der Waals surface area contributed by atoms with E-state index in [-0.39, 0.29) is 5.91 Å². The van der Waals surface area contributed by atoms with E-state index in [1.54, 1.807) is 0 Å². The maximum Gasteiger partial charge on any atom is 0.304 e.